The highest BCUT2D eigenvalue weighted by atomic mass is 16.3. The monoisotopic (exact) mass is 280 g/mol. The summed E-state index contributed by atoms with van der Waals surface area (Å²) in [6, 6.07) is 4.88. The lowest BCUT2D eigenvalue weighted by Crippen LogP contribution is -2.36. The molecule has 0 aliphatic carbocycles. The van der Waals surface area contributed by atoms with E-state index < -0.39 is 0 Å². The van der Waals surface area contributed by atoms with Gasteiger partial charge in [-0.05, 0) is 37.4 Å². The Morgan fingerprint density at radius 3 is 2.30 bits per heavy atom. The molecule has 0 spiro atoms. The van der Waals surface area contributed by atoms with E-state index in [1.165, 1.54) is 12.8 Å². The van der Waals surface area contributed by atoms with Crippen LogP contribution in [0, 0.1) is 5.92 Å². The van der Waals surface area contributed by atoms with E-state index in [2.05, 4.69) is 57.0 Å². The third-order valence-electron chi connectivity index (χ3n) is 3.68. The molecule has 1 rings (SSSR count). The predicted molar refractivity (Wildman–Crippen MR) is 85.7 cm³/mol. The number of rotatable bonds is 10. The molecule has 3 heteroatoms. The molecule has 3 nitrogen and oxygen atoms in total. The molecule has 20 heavy (non-hydrogen) atoms. The predicted octanol–water partition coefficient (Wildman–Crippen LogP) is 4.04. The van der Waals surface area contributed by atoms with Crippen LogP contribution in [-0.2, 0) is 13.1 Å². The fraction of sp³-hybridized carbons (Fsp3) is 0.765. The average Bonchev–Trinajstić information content (AvgIpc) is 2.84. The molecule has 0 bridgehead atoms. The van der Waals surface area contributed by atoms with E-state index >= 15 is 0 Å². The maximum absolute atomic E-state index is 5.93. The van der Waals surface area contributed by atoms with Crippen LogP contribution in [0.3, 0.4) is 0 Å². The number of nitrogens with zero attached hydrogens (tertiary/aromatic N) is 1. The van der Waals surface area contributed by atoms with Gasteiger partial charge in [0.25, 0.3) is 0 Å². The standard InChI is InChI=1S/C17H32N2O/c1-6-15(7-2)19(12-14(4)5)13-17-10-9-16(20-17)11-18-8-3/h9-10,14-15,18H,6-8,11-13H2,1-5H3. The molecule has 0 aromatic carbocycles. The first kappa shape index (κ1) is 17.3. The van der Waals surface area contributed by atoms with E-state index in [-0.39, 0.29) is 0 Å². The van der Waals surface area contributed by atoms with Crippen LogP contribution in [0.1, 0.15) is 59.0 Å². The molecule has 0 atom stereocenters. The van der Waals surface area contributed by atoms with Crippen LogP contribution in [0.5, 0.6) is 0 Å². The molecule has 1 heterocycles. The smallest absolute Gasteiger partial charge is 0.118 e. The lowest BCUT2D eigenvalue weighted by molar-refractivity contribution is 0.145. The second kappa shape index (κ2) is 9.19. The first-order valence-electron chi connectivity index (χ1n) is 8.12. The Hall–Kier alpha value is -0.800. The summed E-state index contributed by atoms with van der Waals surface area (Å²) in [6.45, 7) is 15.1. The van der Waals surface area contributed by atoms with Crippen molar-refractivity contribution < 1.29 is 4.42 Å². The van der Waals surface area contributed by atoms with Crippen LogP contribution in [0.25, 0.3) is 0 Å². The van der Waals surface area contributed by atoms with Crippen molar-refractivity contribution in [2.24, 2.45) is 5.92 Å². The Labute approximate surface area is 124 Å². The first-order valence-corrected chi connectivity index (χ1v) is 8.12. The van der Waals surface area contributed by atoms with Gasteiger partial charge in [-0.3, -0.25) is 4.90 Å². The van der Waals surface area contributed by atoms with Gasteiger partial charge in [0.1, 0.15) is 11.5 Å². The zero-order chi connectivity index (χ0) is 15.0. The summed E-state index contributed by atoms with van der Waals surface area (Å²) in [7, 11) is 0. The molecule has 1 aromatic rings. The van der Waals surface area contributed by atoms with Gasteiger partial charge in [0.2, 0.25) is 0 Å². The SMILES string of the molecule is CCNCc1ccc(CN(CC(C)C)C(CC)CC)o1. The third kappa shape index (κ3) is 5.68. The van der Waals surface area contributed by atoms with E-state index in [1.807, 2.05) is 0 Å². The molecular weight excluding hydrogens is 248 g/mol. The van der Waals surface area contributed by atoms with Crippen LogP contribution in [-0.4, -0.2) is 24.0 Å². The molecule has 1 aromatic heterocycles. The maximum atomic E-state index is 5.93. The van der Waals surface area contributed by atoms with E-state index in [0.29, 0.717) is 12.0 Å². The fourth-order valence-corrected chi connectivity index (χ4v) is 2.67. The topological polar surface area (TPSA) is 28.4 Å². The van der Waals surface area contributed by atoms with Crippen LogP contribution in [0.4, 0.5) is 0 Å². The quantitative estimate of drug-likeness (QED) is 0.701. The van der Waals surface area contributed by atoms with Crippen LogP contribution in [0.2, 0.25) is 0 Å². The van der Waals surface area contributed by atoms with Crippen LogP contribution < -0.4 is 5.32 Å². The summed E-state index contributed by atoms with van der Waals surface area (Å²) in [5, 5.41) is 3.30. The highest BCUT2D eigenvalue weighted by Crippen LogP contribution is 2.17. The van der Waals surface area contributed by atoms with Gasteiger partial charge in [0.05, 0.1) is 13.1 Å². The number of nitrogens with one attached hydrogen (secondary N) is 1. The van der Waals surface area contributed by atoms with Gasteiger partial charge in [-0.1, -0.05) is 34.6 Å². The molecule has 0 aliphatic rings. The summed E-state index contributed by atoms with van der Waals surface area (Å²) in [6.07, 6.45) is 2.41. The zero-order valence-corrected chi connectivity index (χ0v) is 13.9. The zero-order valence-electron chi connectivity index (χ0n) is 13.9. The van der Waals surface area contributed by atoms with Crippen molar-refractivity contribution in [1.29, 1.82) is 0 Å². The molecule has 0 radical (unpaired) electrons. The Morgan fingerprint density at radius 1 is 1.10 bits per heavy atom. The Bertz CT molecular complexity index is 356. The van der Waals surface area contributed by atoms with Crippen molar-refractivity contribution in [3.05, 3.63) is 23.7 Å². The Balaban J connectivity index is 2.65. The minimum absolute atomic E-state index is 0.653. The van der Waals surface area contributed by atoms with E-state index in [1.54, 1.807) is 0 Å². The lowest BCUT2D eigenvalue weighted by Gasteiger charge is -2.31. The summed E-state index contributed by atoms with van der Waals surface area (Å²) >= 11 is 0. The lowest BCUT2D eigenvalue weighted by atomic mass is 10.1. The molecule has 116 valence electrons. The van der Waals surface area contributed by atoms with Gasteiger partial charge in [-0.25, -0.2) is 0 Å². The Morgan fingerprint density at radius 2 is 1.75 bits per heavy atom. The minimum atomic E-state index is 0.653. The van der Waals surface area contributed by atoms with Gasteiger partial charge in [0.15, 0.2) is 0 Å². The van der Waals surface area contributed by atoms with Crippen molar-refractivity contribution in [2.75, 3.05) is 13.1 Å². The van der Waals surface area contributed by atoms with Crippen molar-refractivity contribution >= 4 is 0 Å². The first-order chi connectivity index (χ1) is 9.60. The molecule has 0 amide bonds. The molecular formula is C17H32N2O. The molecule has 0 aliphatic heterocycles. The summed E-state index contributed by atoms with van der Waals surface area (Å²) in [5.41, 5.74) is 0. The maximum Gasteiger partial charge on any atom is 0.118 e. The number of furan rings is 1. The van der Waals surface area contributed by atoms with Crippen molar-refractivity contribution in [1.82, 2.24) is 10.2 Å². The molecule has 0 fully saturated rings. The molecule has 0 unspecified atom stereocenters. The third-order valence-corrected chi connectivity index (χ3v) is 3.68. The van der Waals surface area contributed by atoms with Gasteiger partial charge < -0.3 is 9.73 Å². The summed E-state index contributed by atoms with van der Waals surface area (Å²) in [5.74, 6) is 2.81. The van der Waals surface area contributed by atoms with Gasteiger partial charge >= 0.3 is 0 Å². The second-order valence-corrected chi connectivity index (χ2v) is 5.94. The molecule has 0 saturated heterocycles. The van der Waals surface area contributed by atoms with Crippen molar-refractivity contribution in [3.63, 3.8) is 0 Å². The van der Waals surface area contributed by atoms with E-state index in [9.17, 15) is 0 Å². The number of hydrogen-bond donors (Lipinski definition) is 1. The fourth-order valence-electron chi connectivity index (χ4n) is 2.67. The highest BCUT2D eigenvalue weighted by Gasteiger charge is 2.18. The normalized spacial score (nSPS) is 12.0. The average molecular weight is 280 g/mol. The highest BCUT2D eigenvalue weighted by molar-refractivity contribution is 5.07. The summed E-state index contributed by atoms with van der Waals surface area (Å²) in [4.78, 5) is 2.57. The van der Waals surface area contributed by atoms with Crippen LogP contribution >= 0.6 is 0 Å². The summed E-state index contributed by atoms with van der Waals surface area (Å²) < 4.78 is 5.93. The van der Waals surface area contributed by atoms with Crippen molar-refractivity contribution in [2.45, 2.75) is 66.6 Å². The minimum Gasteiger partial charge on any atom is -0.463 e. The van der Waals surface area contributed by atoms with Gasteiger partial charge in [0, 0.05) is 12.6 Å². The van der Waals surface area contributed by atoms with Crippen LogP contribution in [0.15, 0.2) is 16.5 Å². The van der Waals surface area contributed by atoms with Gasteiger partial charge in [-0.15, -0.1) is 0 Å². The van der Waals surface area contributed by atoms with E-state index in [0.717, 1.165) is 37.7 Å². The van der Waals surface area contributed by atoms with E-state index in [4.69, 9.17) is 4.42 Å². The van der Waals surface area contributed by atoms with Crippen molar-refractivity contribution in [3.8, 4) is 0 Å². The Kier molecular flexibility index (Phi) is 7.93. The van der Waals surface area contributed by atoms with Gasteiger partial charge in [-0.2, -0.15) is 0 Å². The molecule has 1 N–H and O–H groups in total. The second-order valence-electron chi connectivity index (χ2n) is 5.94. The largest absolute Gasteiger partial charge is 0.463 e. The number of hydrogen-bond acceptors (Lipinski definition) is 3. The molecule has 0 saturated carbocycles.